The molecule has 2 aliphatic rings. The van der Waals surface area contributed by atoms with Crippen molar-refractivity contribution in [2.75, 3.05) is 13.1 Å². The van der Waals surface area contributed by atoms with Crippen LogP contribution in [0.3, 0.4) is 0 Å². The van der Waals surface area contributed by atoms with E-state index in [4.69, 9.17) is 0 Å². The van der Waals surface area contributed by atoms with Crippen LogP contribution in [-0.2, 0) is 0 Å². The molecule has 0 saturated heterocycles. The number of hydrogen-bond acceptors (Lipinski definition) is 1. The van der Waals surface area contributed by atoms with Gasteiger partial charge in [0.2, 0.25) is 0 Å². The summed E-state index contributed by atoms with van der Waals surface area (Å²) in [4.78, 5) is 0. The predicted octanol–water partition coefficient (Wildman–Crippen LogP) is 0.756. The van der Waals surface area contributed by atoms with Gasteiger partial charge in [-0.2, -0.15) is 0 Å². The molecule has 2 heteroatoms. The zero-order valence-corrected chi connectivity index (χ0v) is 5.93. The molecule has 53 valence electrons. The lowest BCUT2D eigenvalue weighted by atomic mass is 10.0. The third-order valence-corrected chi connectivity index (χ3v) is 2.01. The summed E-state index contributed by atoms with van der Waals surface area (Å²) in [5.41, 5.74) is 2.89. The van der Waals surface area contributed by atoms with Crippen molar-refractivity contribution in [1.82, 2.24) is 10.6 Å². The molecular formula is C8H11N2. The summed E-state index contributed by atoms with van der Waals surface area (Å²) in [5.74, 6) is 0. The minimum atomic E-state index is 0.902. The van der Waals surface area contributed by atoms with Crippen molar-refractivity contribution < 1.29 is 0 Å². The van der Waals surface area contributed by atoms with Gasteiger partial charge in [-0.25, -0.2) is 5.32 Å². The zero-order chi connectivity index (χ0) is 6.81. The fourth-order valence-corrected chi connectivity index (χ4v) is 1.40. The molecule has 0 bridgehead atoms. The molecule has 1 N–H and O–H groups in total. The van der Waals surface area contributed by atoms with Gasteiger partial charge in [-0.3, -0.25) is 0 Å². The highest BCUT2D eigenvalue weighted by molar-refractivity contribution is 5.24. The van der Waals surface area contributed by atoms with Crippen molar-refractivity contribution >= 4 is 0 Å². The van der Waals surface area contributed by atoms with E-state index < -0.39 is 0 Å². The average molecular weight is 135 g/mol. The molecule has 0 aromatic heterocycles. The van der Waals surface area contributed by atoms with E-state index in [1.807, 2.05) is 6.20 Å². The summed E-state index contributed by atoms with van der Waals surface area (Å²) in [6.07, 6.45) is 6.48. The molecule has 2 aliphatic heterocycles. The quantitative estimate of drug-likeness (QED) is 0.521. The van der Waals surface area contributed by atoms with E-state index in [1.54, 1.807) is 5.57 Å². The van der Waals surface area contributed by atoms with Gasteiger partial charge in [0.05, 0.1) is 6.54 Å². The lowest BCUT2D eigenvalue weighted by Gasteiger charge is -2.22. The van der Waals surface area contributed by atoms with E-state index in [1.165, 1.54) is 5.70 Å². The van der Waals surface area contributed by atoms with Gasteiger partial charge in [0.15, 0.2) is 0 Å². The van der Waals surface area contributed by atoms with Gasteiger partial charge in [0.1, 0.15) is 0 Å². The molecule has 0 fully saturated rings. The largest absolute Gasteiger partial charge is 0.364 e. The molecule has 2 rings (SSSR count). The molecule has 2 heterocycles. The first-order chi connectivity index (χ1) is 4.97. The van der Waals surface area contributed by atoms with E-state index in [-0.39, 0.29) is 0 Å². The second-order valence-electron chi connectivity index (χ2n) is 2.69. The lowest BCUT2D eigenvalue weighted by molar-refractivity contribution is 0.625. The Labute approximate surface area is 61.0 Å². The lowest BCUT2D eigenvalue weighted by Crippen LogP contribution is -2.27. The molecule has 1 radical (unpaired) electrons. The Balaban J connectivity index is 2.17. The predicted molar refractivity (Wildman–Crippen MR) is 40.4 cm³/mol. The zero-order valence-electron chi connectivity index (χ0n) is 5.93. The SMILES string of the molecule is C1=CNC2=C(C1)CC[N]C2. The van der Waals surface area contributed by atoms with E-state index >= 15 is 0 Å². The first kappa shape index (κ1) is 5.98. The third kappa shape index (κ3) is 0.948. The molecule has 10 heavy (non-hydrogen) atoms. The van der Waals surface area contributed by atoms with E-state index in [0.717, 1.165) is 25.9 Å². The van der Waals surface area contributed by atoms with Crippen molar-refractivity contribution in [2.24, 2.45) is 0 Å². The second-order valence-corrected chi connectivity index (χ2v) is 2.69. The first-order valence-corrected chi connectivity index (χ1v) is 3.72. The minimum Gasteiger partial charge on any atom is -0.364 e. The van der Waals surface area contributed by atoms with Crippen LogP contribution in [-0.4, -0.2) is 13.1 Å². The molecule has 0 aliphatic carbocycles. The van der Waals surface area contributed by atoms with Crippen molar-refractivity contribution in [3.8, 4) is 0 Å². The van der Waals surface area contributed by atoms with Gasteiger partial charge < -0.3 is 5.32 Å². The molecule has 0 aromatic carbocycles. The molecule has 0 aromatic rings. The Hall–Kier alpha value is -0.760. The number of dihydropyridines is 1. The summed E-state index contributed by atoms with van der Waals surface area (Å²) in [7, 11) is 0. The summed E-state index contributed by atoms with van der Waals surface area (Å²) in [6.45, 7) is 1.92. The Kier molecular flexibility index (Phi) is 1.47. The Morgan fingerprint density at radius 1 is 1.50 bits per heavy atom. The summed E-state index contributed by atoms with van der Waals surface area (Å²) in [5, 5.41) is 7.53. The van der Waals surface area contributed by atoms with Crippen molar-refractivity contribution in [2.45, 2.75) is 12.8 Å². The summed E-state index contributed by atoms with van der Waals surface area (Å²) >= 11 is 0. The molecule has 2 nitrogen and oxygen atoms in total. The monoisotopic (exact) mass is 135 g/mol. The van der Waals surface area contributed by atoms with Crippen LogP contribution in [0.15, 0.2) is 23.5 Å². The maximum atomic E-state index is 4.31. The topological polar surface area (TPSA) is 26.1 Å². The average Bonchev–Trinajstić information content (AvgIpc) is 2.05. The number of hydrogen-bond donors (Lipinski definition) is 1. The number of nitrogens with zero attached hydrogens (tertiary/aromatic N) is 1. The standard InChI is InChI=1S/C8H11N2/c1-2-7-3-5-9-6-8(7)10-4-1/h1,4,10H,2-3,5-6H2. The number of allylic oxidation sites excluding steroid dienone is 1. The maximum Gasteiger partial charge on any atom is 0.0535 e. The van der Waals surface area contributed by atoms with E-state index in [2.05, 4.69) is 16.7 Å². The molecule has 0 spiro atoms. The number of nitrogens with one attached hydrogen (secondary N) is 1. The number of rotatable bonds is 0. The highest BCUT2D eigenvalue weighted by Crippen LogP contribution is 2.18. The molecule has 0 amide bonds. The van der Waals surface area contributed by atoms with Crippen LogP contribution in [0.4, 0.5) is 0 Å². The molecule has 0 atom stereocenters. The normalized spacial score (nSPS) is 24.0. The van der Waals surface area contributed by atoms with Gasteiger partial charge in [-0.15, -0.1) is 0 Å². The minimum absolute atomic E-state index is 0.902. The van der Waals surface area contributed by atoms with Gasteiger partial charge in [0.25, 0.3) is 0 Å². The van der Waals surface area contributed by atoms with Crippen LogP contribution in [0.2, 0.25) is 0 Å². The van der Waals surface area contributed by atoms with Gasteiger partial charge in [-0.05, 0) is 24.6 Å². The van der Waals surface area contributed by atoms with Crippen LogP contribution >= 0.6 is 0 Å². The van der Waals surface area contributed by atoms with Crippen LogP contribution in [0.1, 0.15) is 12.8 Å². The maximum absolute atomic E-state index is 4.31. The molecule has 0 unspecified atom stereocenters. The third-order valence-electron chi connectivity index (χ3n) is 2.01. The van der Waals surface area contributed by atoms with Crippen LogP contribution in [0, 0.1) is 0 Å². The van der Waals surface area contributed by atoms with E-state index in [0.29, 0.717) is 0 Å². The van der Waals surface area contributed by atoms with Crippen molar-refractivity contribution in [3.63, 3.8) is 0 Å². The Morgan fingerprint density at radius 3 is 3.40 bits per heavy atom. The van der Waals surface area contributed by atoms with E-state index in [9.17, 15) is 0 Å². The fraction of sp³-hybridized carbons (Fsp3) is 0.500. The smallest absolute Gasteiger partial charge is 0.0535 e. The highest BCUT2D eigenvalue weighted by atomic mass is 15.0. The van der Waals surface area contributed by atoms with Crippen LogP contribution < -0.4 is 10.6 Å². The van der Waals surface area contributed by atoms with Crippen molar-refractivity contribution in [1.29, 1.82) is 0 Å². The fourth-order valence-electron chi connectivity index (χ4n) is 1.40. The second kappa shape index (κ2) is 2.46. The highest BCUT2D eigenvalue weighted by Gasteiger charge is 2.12. The van der Waals surface area contributed by atoms with Crippen LogP contribution in [0.25, 0.3) is 0 Å². The summed E-state index contributed by atoms with van der Waals surface area (Å²) in [6, 6.07) is 0. The van der Waals surface area contributed by atoms with Gasteiger partial charge in [-0.1, -0.05) is 6.08 Å². The summed E-state index contributed by atoms with van der Waals surface area (Å²) < 4.78 is 0. The van der Waals surface area contributed by atoms with Crippen molar-refractivity contribution in [3.05, 3.63) is 23.5 Å². The van der Waals surface area contributed by atoms with Gasteiger partial charge >= 0.3 is 0 Å². The van der Waals surface area contributed by atoms with Crippen LogP contribution in [0.5, 0.6) is 0 Å². The Morgan fingerprint density at radius 2 is 2.50 bits per heavy atom. The van der Waals surface area contributed by atoms with Gasteiger partial charge in [0, 0.05) is 12.2 Å². The molecule has 0 saturated carbocycles. The molecular weight excluding hydrogens is 124 g/mol. The Bertz CT molecular complexity index is 171. The first-order valence-electron chi connectivity index (χ1n) is 3.72.